The summed E-state index contributed by atoms with van der Waals surface area (Å²) in [4.78, 5) is 7.30. The molecule has 1 fully saturated rings. The van der Waals surface area contributed by atoms with Crippen LogP contribution in [0.1, 0.15) is 42.6 Å². The van der Waals surface area contributed by atoms with Crippen LogP contribution in [-0.4, -0.2) is 54.3 Å². The van der Waals surface area contributed by atoms with Crippen molar-refractivity contribution in [2.24, 2.45) is 0 Å². The quantitative estimate of drug-likeness (QED) is 0.583. The predicted octanol–water partition coefficient (Wildman–Crippen LogP) is 3.97. The Morgan fingerprint density at radius 2 is 1.76 bits per heavy atom. The van der Waals surface area contributed by atoms with E-state index in [1.54, 1.807) is 18.3 Å². The number of hydrogen-bond donors (Lipinski definition) is 0. The smallest absolute Gasteiger partial charge is 0.265 e. The van der Waals surface area contributed by atoms with Crippen LogP contribution in [-0.2, 0) is 16.4 Å². The Bertz CT molecular complexity index is 1260. The van der Waals surface area contributed by atoms with Crippen LogP contribution >= 0.6 is 0 Å². The van der Waals surface area contributed by atoms with Gasteiger partial charge in [-0.2, -0.15) is 5.10 Å². The molecule has 0 amide bonds. The minimum atomic E-state index is -3.73. The van der Waals surface area contributed by atoms with Crippen LogP contribution in [0.5, 0.6) is 0 Å². The maximum Gasteiger partial charge on any atom is 0.265 e. The molecule has 2 aliphatic heterocycles. The lowest BCUT2D eigenvalue weighted by Gasteiger charge is -2.31. The Morgan fingerprint density at radius 3 is 2.45 bits per heavy atom. The molecule has 2 aromatic heterocycles. The summed E-state index contributed by atoms with van der Waals surface area (Å²) < 4.78 is 30.9. The zero-order chi connectivity index (χ0) is 23.2. The third kappa shape index (κ3) is 3.85. The number of benzene rings is 1. The van der Waals surface area contributed by atoms with Crippen LogP contribution < -0.4 is 4.31 Å². The average Bonchev–Trinajstić information content (AvgIpc) is 3.05. The van der Waals surface area contributed by atoms with Gasteiger partial charge in [0.25, 0.3) is 10.0 Å². The molecule has 0 N–H and O–H groups in total. The van der Waals surface area contributed by atoms with E-state index in [1.165, 1.54) is 4.31 Å². The summed E-state index contributed by atoms with van der Waals surface area (Å²) in [6, 6.07) is 11.2. The number of piperidine rings is 1. The molecule has 1 saturated heterocycles. The van der Waals surface area contributed by atoms with Crippen molar-refractivity contribution in [3.05, 3.63) is 59.4 Å². The lowest BCUT2D eigenvalue weighted by atomic mass is 10.0. The monoisotopic (exact) mass is 465 g/mol. The first kappa shape index (κ1) is 22.1. The summed E-state index contributed by atoms with van der Waals surface area (Å²) in [6.45, 7) is 9.89. The van der Waals surface area contributed by atoms with Crippen molar-refractivity contribution < 1.29 is 8.42 Å². The molecule has 4 heterocycles. The van der Waals surface area contributed by atoms with Gasteiger partial charge in [0.15, 0.2) is 5.82 Å². The molecule has 174 valence electrons. The van der Waals surface area contributed by atoms with Gasteiger partial charge in [0.2, 0.25) is 0 Å². The van der Waals surface area contributed by atoms with Crippen LogP contribution in [0.4, 0.5) is 5.82 Å². The van der Waals surface area contributed by atoms with Gasteiger partial charge in [0, 0.05) is 42.7 Å². The number of rotatable bonds is 4. The highest BCUT2D eigenvalue weighted by atomic mass is 32.2. The second-order valence-corrected chi connectivity index (χ2v) is 10.9. The summed E-state index contributed by atoms with van der Waals surface area (Å²) in [5.74, 6) is 0.460. The Kier molecular flexibility index (Phi) is 5.74. The van der Waals surface area contributed by atoms with E-state index in [0.717, 1.165) is 60.6 Å². The molecule has 0 bridgehead atoms. The molecular formula is C25H31N5O2S. The van der Waals surface area contributed by atoms with E-state index in [0.29, 0.717) is 24.8 Å². The summed E-state index contributed by atoms with van der Waals surface area (Å²) in [5.41, 5.74) is 4.95. The molecule has 0 unspecified atom stereocenters. The summed E-state index contributed by atoms with van der Waals surface area (Å²) in [5, 5.41) is 5.06. The number of hydrogen-bond acceptors (Lipinski definition) is 5. The molecule has 5 rings (SSSR count). The lowest BCUT2D eigenvalue weighted by molar-refractivity contribution is 0.186. The Labute approximate surface area is 196 Å². The number of aromatic nitrogens is 3. The molecule has 2 aliphatic rings. The molecule has 0 radical (unpaired) electrons. The van der Waals surface area contributed by atoms with Crippen LogP contribution in [0, 0.1) is 13.8 Å². The number of anilines is 1. The summed E-state index contributed by atoms with van der Waals surface area (Å²) in [6.07, 6.45) is 4.44. The van der Waals surface area contributed by atoms with Crippen molar-refractivity contribution in [3.8, 4) is 11.3 Å². The molecule has 1 aromatic carbocycles. The zero-order valence-corrected chi connectivity index (χ0v) is 20.3. The number of sulfonamides is 1. The number of fused-ring (bicyclic) bond motifs is 3. The van der Waals surface area contributed by atoms with Gasteiger partial charge in [0.05, 0.1) is 16.6 Å². The van der Waals surface area contributed by atoms with E-state index in [2.05, 4.69) is 28.4 Å². The average molecular weight is 466 g/mol. The van der Waals surface area contributed by atoms with Gasteiger partial charge in [-0.15, -0.1) is 0 Å². The topological polar surface area (TPSA) is 71.3 Å². The highest BCUT2D eigenvalue weighted by Crippen LogP contribution is 2.39. The molecule has 7 nitrogen and oxygen atoms in total. The number of likely N-dealkylation sites (tertiary alicyclic amines) is 1. The Balaban J connectivity index is 1.55. The minimum absolute atomic E-state index is 0.286. The molecule has 0 saturated carbocycles. The van der Waals surface area contributed by atoms with Gasteiger partial charge in [-0.3, -0.25) is 4.68 Å². The van der Waals surface area contributed by atoms with E-state index in [9.17, 15) is 8.42 Å². The number of pyridine rings is 1. The number of aryl methyl sites for hydroxylation is 1. The van der Waals surface area contributed by atoms with Gasteiger partial charge >= 0.3 is 0 Å². The number of nitrogens with zero attached hydrogens (tertiary/aromatic N) is 5. The lowest BCUT2D eigenvalue weighted by Crippen LogP contribution is -2.35. The third-order valence-electron chi connectivity index (χ3n) is 7.08. The first-order chi connectivity index (χ1) is 15.9. The first-order valence-corrected chi connectivity index (χ1v) is 13.2. The maximum absolute atomic E-state index is 13.6. The van der Waals surface area contributed by atoms with Gasteiger partial charge in [-0.05, 0) is 63.9 Å². The van der Waals surface area contributed by atoms with Crippen LogP contribution in [0.3, 0.4) is 0 Å². The highest BCUT2D eigenvalue weighted by molar-refractivity contribution is 7.92. The van der Waals surface area contributed by atoms with E-state index in [-0.39, 0.29) is 4.90 Å². The second kappa shape index (κ2) is 8.57. The van der Waals surface area contributed by atoms with Crippen molar-refractivity contribution in [1.29, 1.82) is 0 Å². The molecule has 33 heavy (non-hydrogen) atoms. The zero-order valence-electron chi connectivity index (χ0n) is 19.5. The molecule has 8 heteroatoms. The fourth-order valence-corrected chi connectivity index (χ4v) is 6.51. The highest BCUT2D eigenvalue weighted by Gasteiger charge is 2.34. The summed E-state index contributed by atoms with van der Waals surface area (Å²) >= 11 is 0. The largest absolute Gasteiger partial charge is 0.303 e. The molecule has 0 spiro atoms. The van der Waals surface area contributed by atoms with Crippen molar-refractivity contribution in [1.82, 2.24) is 19.7 Å². The predicted molar refractivity (Wildman–Crippen MR) is 130 cm³/mol. The molecular weight excluding hydrogens is 434 g/mol. The Morgan fingerprint density at radius 1 is 1.03 bits per heavy atom. The van der Waals surface area contributed by atoms with Crippen molar-refractivity contribution in [2.45, 2.75) is 51.0 Å². The van der Waals surface area contributed by atoms with Gasteiger partial charge in [0.1, 0.15) is 0 Å². The van der Waals surface area contributed by atoms with E-state index >= 15 is 0 Å². The van der Waals surface area contributed by atoms with Gasteiger partial charge in [-0.1, -0.05) is 24.6 Å². The molecule has 0 atom stereocenters. The molecule has 3 aromatic rings. The van der Waals surface area contributed by atoms with E-state index in [4.69, 9.17) is 5.10 Å². The van der Waals surface area contributed by atoms with Crippen LogP contribution in [0.2, 0.25) is 0 Å². The van der Waals surface area contributed by atoms with Crippen LogP contribution in [0.15, 0.2) is 47.5 Å². The fraction of sp³-hybridized carbons (Fsp3) is 0.440. The van der Waals surface area contributed by atoms with Crippen LogP contribution in [0.25, 0.3) is 11.3 Å². The SMILES string of the molecule is CCN1CCC(n2nc3c(c2C)CCN(S(=O)(=O)c2ccc(C)cc2)c2ncccc2-3)CC1. The first-order valence-electron chi connectivity index (χ1n) is 11.7. The molecule has 0 aliphatic carbocycles. The Hall–Kier alpha value is -2.71. The minimum Gasteiger partial charge on any atom is -0.303 e. The van der Waals surface area contributed by atoms with E-state index in [1.807, 2.05) is 31.2 Å². The normalized spacial score (nSPS) is 17.5. The summed E-state index contributed by atoms with van der Waals surface area (Å²) in [7, 11) is -3.73. The fourth-order valence-electron chi connectivity index (χ4n) is 5.08. The van der Waals surface area contributed by atoms with Crippen molar-refractivity contribution in [3.63, 3.8) is 0 Å². The van der Waals surface area contributed by atoms with Gasteiger partial charge in [-0.25, -0.2) is 17.7 Å². The van der Waals surface area contributed by atoms with Crippen molar-refractivity contribution in [2.75, 3.05) is 30.5 Å². The third-order valence-corrected chi connectivity index (χ3v) is 8.88. The van der Waals surface area contributed by atoms with Crippen molar-refractivity contribution >= 4 is 15.8 Å². The maximum atomic E-state index is 13.6. The van der Waals surface area contributed by atoms with E-state index < -0.39 is 10.0 Å². The van der Waals surface area contributed by atoms with Gasteiger partial charge < -0.3 is 4.90 Å². The second-order valence-electron chi connectivity index (χ2n) is 9.04. The standard InChI is InChI=1S/C25H31N5O2S/c1-4-28-15-11-20(12-16-28)30-19(3)22-13-17-29(25-23(24(22)27-30)6-5-14-26-25)33(31,32)21-9-7-18(2)8-10-21/h5-10,14,20H,4,11-13,15-17H2,1-3H3.